The summed E-state index contributed by atoms with van der Waals surface area (Å²) in [5.41, 5.74) is -5.95. The van der Waals surface area contributed by atoms with Gasteiger partial charge >= 0.3 is 115 Å². The van der Waals surface area contributed by atoms with Crippen molar-refractivity contribution < 1.29 is 105 Å². The second-order valence-corrected chi connectivity index (χ2v) is 7.28. The first-order chi connectivity index (χ1) is 15.6. The topological polar surface area (TPSA) is 442 Å². The maximum absolute atomic E-state index is 10.1. The summed E-state index contributed by atoms with van der Waals surface area (Å²) in [6.07, 6.45) is -5.43. The Morgan fingerprint density at radius 2 is 0.537 bits per heavy atom. The Balaban J connectivity index is -0.0000000493. The monoisotopic (exact) mass is 690 g/mol. The van der Waals surface area contributed by atoms with Crippen LogP contribution in [0.2, 0.25) is 0 Å². The van der Waals surface area contributed by atoms with Crippen LogP contribution in [0.4, 0.5) is 0 Å². The predicted octanol–water partition coefficient (Wildman–Crippen LogP) is -15.1. The molecule has 41 heavy (non-hydrogen) atoms. The normalized spacial score (nSPS) is 9.71. The van der Waals surface area contributed by atoms with Crippen LogP contribution in [0.25, 0.3) is 0 Å². The standard InChI is InChI=1S/2C6H8O7.5Mg.2H2O4S/c2*7-3(8)1-6(13,5(11)12)2-4(9)10;;;;;;2*1-5(2,3)4/h2*13H,1-2H2,(H,7,8)(H,9,10)(H,11,12);;;;;;2*(H2,1,2,3,4)/q;;5*+2;;/p-10. The second-order valence-electron chi connectivity index (χ2n) is 5.65. The van der Waals surface area contributed by atoms with E-state index in [4.69, 9.17) is 45.3 Å². The van der Waals surface area contributed by atoms with Gasteiger partial charge in [-0.05, 0) is 0 Å². The van der Waals surface area contributed by atoms with Crippen molar-refractivity contribution in [2.75, 3.05) is 0 Å². The SMILES string of the molecule is O=C([O-])CC(O)(CC(=O)[O-])C(=O)[O-].O=C([O-])CC(O)(CC(=O)[O-])C(=O)[O-].O=S(=O)([O-])[O-].O=S(=O)([O-])[O-].[Mg+2].[Mg+2].[Mg+2].[Mg+2].[Mg+2]. The molecule has 0 bridgehead atoms. The molecule has 0 aliphatic carbocycles. The van der Waals surface area contributed by atoms with Gasteiger partial charge in [-0.25, -0.2) is 0 Å². The molecule has 2 N–H and O–H groups in total. The van der Waals surface area contributed by atoms with Crippen molar-refractivity contribution in [3.8, 4) is 0 Å². The van der Waals surface area contributed by atoms with E-state index in [1.807, 2.05) is 0 Å². The molecule has 0 saturated heterocycles. The third-order valence-electron chi connectivity index (χ3n) is 2.51. The van der Waals surface area contributed by atoms with Crippen molar-refractivity contribution in [1.82, 2.24) is 0 Å². The van der Waals surface area contributed by atoms with E-state index in [9.17, 15) is 59.4 Å². The van der Waals surface area contributed by atoms with Crippen molar-refractivity contribution in [3.05, 3.63) is 0 Å². The minimum Gasteiger partial charge on any atom is -0.759 e. The van der Waals surface area contributed by atoms with Crippen molar-refractivity contribution in [3.63, 3.8) is 0 Å². The van der Waals surface area contributed by atoms with Crippen LogP contribution in [0.3, 0.4) is 0 Å². The van der Waals surface area contributed by atoms with Crippen LogP contribution in [0.15, 0.2) is 0 Å². The fourth-order valence-corrected chi connectivity index (χ4v) is 1.37. The van der Waals surface area contributed by atoms with Gasteiger partial charge in [-0.15, -0.1) is 0 Å². The summed E-state index contributed by atoms with van der Waals surface area (Å²) in [7, 11) is -10.3. The average Bonchev–Trinajstić information content (AvgIpc) is 2.48. The number of carboxylic acid groups (broad SMARTS) is 6. The molecular weight excluding hydrogens is 682 g/mol. The molecule has 0 spiro atoms. The Morgan fingerprint density at radius 1 is 0.439 bits per heavy atom. The van der Waals surface area contributed by atoms with Crippen LogP contribution in [0, 0.1) is 0 Å². The Kier molecular flexibility index (Phi) is 45.6. The molecule has 0 rings (SSSR count). The minimum atomic E-state index is -5.17. The van der Waals surface area contributed by atoms with Gasteiger partial charge in [0.25, 0.3) is 0 Å². The molecular formula is C12H10Mg5O22S2. The number of aliphatic hydroxyl groups is 2. The molecule has 0 aromatic rings. The fourth-order valence-electron chi connectivity index (χ4n) is 1.37. The summed E-state index contributed by atoms with van der Waals surface area (Å²) >= 11 is 0. The minimum absolute atomic E-state index is 0. The van der Waals surface area contributed by atoms with Crippen LogP contribution >= 0.6 is 0 Å². The summed E-state index contributed by atoms with van der Waals surface area (Å²) in [6, 6.07) is 0. The summed E-state index contributed by atoms with van der Waals surface area (Å²) in [4.78, 5) is 60.0. The van der Waals surface area contributed by atoms with Gasteiger partial charge in [-0.3, -0.25) is 16.8 Å². The van der Waals surface area contributed by atoms with E-state index >= 15 is 0 Å². The van der Waals surface area contributed by atoms with Gasteiger partial charge in [-0.1, -0.05) is 0 Å². The quantitative estimate of drug-likeness (QED) is 0.122. The molecule has 0 saturated carbocycles. The summed E-state index contributed by atoms with van der Waals surface area (Å²) in [5.74, 6) is -12.0. The largest absolute Gasteiger partial charge is 2.00 e. The molecule has 0 unspecified atom stereocenters. The number of carboxylic acids is 6. The van der Waals surface area contributed by atoms with E-state index in [0.29, 0.717) is 0 Å². The van der Waals surface area contributed by atoms with Crippen molar-refractivity contribution in [2.24, 2.45) is 0 Å². The van der Waals surface area contributed by atoms with Crippen LogP contribution in [-0.2, 0) is 49.6 Å². The third-order valence-corrected chi connectivity index (χ3v) is 2.51. The second kappa shape index (κ2) is 29.0. The zero-order chi connectivity index (χ0) is 30.3. The Bertz CT molecular complexity index is 898. The van der Waals surface area contributed by atoms with E-state index in [0.717, 1.165) is 0 Å². The molecule has 0 aliphatic rings. The molecule has 22 nitrogen and oxygen atoms in total. The number of aliphatic carboxylic acids is 6. The molecule has 0 heterocycles. The molecule has 0 fully saturated rings. The first kappa shape index (κ1) is 64.3. The number of hydrogen-bond acceptors (Lipinski definition) is 22. The molecule has 0 aliphatic heterocycles. The number of carbonyl (C=O) groups excluding carboxylic acids is 6. The van der Waals surface area contributed by atoms with Crippen molar-refractivity contribution in [1.29, 1.82) is 0 Å². The molecule has 29 heteroatoms. The Hall–Kier alpha value is 0.311. The van der Waals surface area contributed by atoms with E-state index in [-0.39, 0.29) is 115 Å². The van der Waals surface area contributed by atoms with Gasteiger partial charge in [0.1, 0.15) is 11.2 Å². The van der Waals surface area contributed by atoms with Gasteiger partial charge in [0.2, 0.25) is 0 Å². The molecule has 212 valence electrons. The zero-order valence-electron chi connectivity index (χ0n) is 20.2. The maximum Gasteiger partial charge on any atom is 2.00 e. The van der Waals surface area contributed by atoms with Crippen LogP contribution in [0.5, 0.6) is 0 Å². The van der Waals surface area contributed by atoms with Crippen molar-refractivity contribution >= 4 is 172 Å². The number of carbonyl (C=O) groups is 6. The molecule has 0 aromatic heterocycles. The summed E-state index contributed by atoms with van der Waals surface area (Å²) < 4.78 is 68.2. The van der Waals surface area contributed by atoms with Crippen molar-refractivity contribution in [2.45, 2.75) is 36.9 Å². The van der Waals surface area contributed by atoms with E-state index in [1.165, 1.54) is 0 Å². The van der Waals surface area contributed by atoms with Gasteiger partial charge in [0.05, 0.1) is 11.9 Å². The number of hydrogen-bond donors (Lipinski definition) is 2. The molecule has 0 atom stereocenters. The maximum atomic E-state index is 10.1. The van der Waals surface area contributed by atoms with Crippen LogP contribution in [0.1, 0.15) is 25.7 Å². The average molecular weight is 692 g/mol. The van der Waals surface area contributed by atoms with Crippen LogP contribution in [-0.4, -0.2) is 208 Å². The van der Waals surface area contributed by atoms with Crippen LogP contribution < -0.4 is 30.6 Å². The number of rotatable bonds is 10. The first-order valence-corrected chi connectivity index (χ1v) is 10.2. The van der Waals surface area contributed by atoms with E-state index in [2.05, 4.69) is 0 Å². The summed E-state index contributed by atoms with van der Waals surface area (Å²) in [5, 5.41) is 77.9. The van der Waals surface area contributed by atoms with E-state index in [1.54, 1.807) is 0 Å². The molecule has 0 amide bonds. The molecule has 0 aromatic carbocycles. The fraction of sp³-hybridized carbons (Fsp3) is 0.500. The predicted molar refractivity (Wildman–Crippen MR) is 108 cm³/mol. The van der Waals surface area contributed by atoms with Gasteiger partial charge in [0.15, 0.2) is 0 Å². The Morgan fingerprint density at radius 3 is 0.585 bits per heavy atom. The summed E-state index contributed by atoms with van der Waals surface area (Å²) in [6.45, 7) is 0. The molecule has 0 radical (unpaired) electrons. The Labute approximate surface area is 310 Å². The van der Waals surface area contributed by atoms with Gasteiger partial charge in [-0.2, -0.15) is 0 Å². The smallest absolute Gasteiger partial charge is 0.759 e. The first-order valence-electron chi connectivity index (χ1n) is 7.56. The third kappa shape index (κ3) is 56.7. The van der Waals surface area contributed by atoms with E-state index < -0.39 is 93.5 Å². The zero-order valence-corrected chi connectivity index (χ0v) is 28.9. The van der Waals surface area contributed by atoms with Gasteiger partial charge < -0.3 is 87.8 Å². The van der Waals surface area contributed by atoms with Gasteiger partial charge in [0, 0.05) is 70.4 Å².